The Bertz CT molecular complexity index is 91.8. The molecule has 1 rings (SSSR count). The SMILES string of the molecule is COC[C@H]1CNC[C@@H]1O.Cl. The predicted octanol–water partition coefficient (Wildman–Crippen LogP) is -0.365. The fourth-order valence-electron chi connectivity index (χ4n) is 1.10. The molecule has 1 saturated heterocycles. The molecule has 0 bridgehead atoms. The number of nitrogens with one attached hydrogen (secondary N) is 1. The molecular weight excluding hydrogens is 154 g/mol. The fraction of sp³-hybridized carbons (Fsp3) is 1.00. The standard InChI is InChI=1S/C6H13NO2.ClH/c1-9-4-5-2-7-3-6(5)8;/h5-8H,2-4H2,1H3;1H/t5-,6+;/m1./s1. The lowest BCUT2D eigenvalue weighted by atomic mass is 10.1. The third kappa shape index (κ3) is 2.42. The van der Waals surface area contributed by atoms with E-state index in [9.17, 15) is 5.11 Å². The van der Waals surface area contributed by atoms with Gasteiger partial charge < -0.3 is 15.2 Å². The Hall–Kier alpha value is 0.170. The van der Waals surface area contributed by atoms with Gasteiger partial charge >= 0.3 is 0 Å². The van der Waals surface area contributed by atoms with Crippen molar-refractivity contribution >= 4 is 12.4 Å². The van der Waals surface area contributed by atoms with E-state index in [0.717, 1.165) is 6.54 Å². The van der Waals surface area contributed by atoms with Crippen molar-refractivity contribution in [3.05, 3.63) is 0 Å². The molecular formula is C6H14ClNO2. The summed E-state index contributed by atoms with van der Waals surface area (Å²) in [6.07, 6.45) is -0.204. The Kier molecular flexibility index (Phi) is 4.99. The van der Waals surface area contributed by atoms with E-state index in [-0.39, 0.29) is 18.5 Å². The Labute approximate surface area is 67.2 Å². The maximum absolute atomic E-state index is 9.18. The first kappa shape index (κ1) is 10.2. The highest BCUT2D eigenvalue weighted by Crippen LogP contribution is 2.07. The van der Waals surface area contributed by atoms with Gasteiger partial charge in [0.05, 0.1) is 12.7 Å². The van der Waals surface area contributed by atoms with Crippen LogP contribution in [0.25, 0.3) is 0 Å². The highest BCUT2D eigenvalue weighted by atomic mass is 35.5. The van der Waals surface area contributed by atoms with Gasteiger partial charge in [0.1, 0.15) is 0 Å². The Morgan fingerprint density at radius 2 is 2.30 bits per heavy atom. The van der Waals surface area contributed by atoms with Crippen LogP contribution in [0.5, 0.6) is 0 Å². The van der Waals surface area contributed by atoms with Crippen LogP contribution < -0.4 is 5.32 Å². The molecule has 0 radical (unpaired) electrons. The van der Waals surface area contributed by atoms with Crippen LogP contribution in [0.3, 0.4) is 0 Å². The van der Waals surface area contributed by atoms with Crippen molar-refractivity contribution in [3.8, 4) is 0 Å². The fourth-order valence-corrected chi connectivity index (χ4v) is 1.10. The molecule has 62 valence electrons. The molecule has 0 aliphatic carbocycles. The second-order valence-corrected chi connectivity index (χ2v) is 2.44. The monoisotopic (exact) mass is 167 g/mol. The third-order valence-electron chi connectivity index (χ3n) is 1.68. The molecule has 0 aromatic rings. The molecule has 0 aromatic carbocycles. The molecule has 2 atom stereocenters. The van der Waals surface area contributed by atoms with Crippen LogP contribution in [-0.2, 0) is 4.74 Å². The van der Waals surface area contributed by atoms with Gasteiger partial charge in [-0.05, 0) is 0 Å². The summed E-state index contributed by atoms with van der Waals surface area (Å²) in [5.41, 5.74) is 0. The predicted molar refractivity (Wildman–Crippen MR) is 41.5 cm³/mol. The molecule has 1 aliphatic heterocycles. The van der Waals surface area contributed by atoms with Crippen LogP contribution in [0, 0.1) is 5.92 Å². The molecule has 0 unspecified atom stereocenters. The van der Waals surface area contributed by atoms with Gasteiger partial charge in [-0.1, -0.05) is 0 Å². The minimum atomic E-state index is -0.204. The lowest BCUT2D eigenvalue weighted by molar-refractivity contribution is 0.0792. The highest BCUT2D eigenvalue weighted by Gasteiger charge is 2.23. The van der Waals surface area contributed by atoms with E-state index in [1.54, 1.807) is 7.11 Å². The number of hydrogen-bond acceptors (Lipinski definition) is 3. The normalized spacial score (nSPS) is 31.8. The van der Waals surface area contributed by atoms with Crippen LogP contribution in [0.1, 0.15) is 0 Å². The smallest absolute Gasteiger partial charge is 0.0726 e. The molecule has 10 heavy (non-hydrogen) atoms. The van der Waals surface area contributed by atoms with Gasteiger partial charge in [0.2, 0.25) is 0 Å². The maximum Gasteiger partial charge on any atom is 0.0726 e. The van der Waals surface area contributed by atoms with E-state index in [0.29, 0.717) is 19.1 Å². The summed E-state index contributed by atoms with van der Waals surface area (Å²) in [6.45, 7) is 2.26. The molecule has 0 aromatic heterocycles. The Morgan fingerprint density at radius 1 is 1.60 bits per heavy atom. The molecule has 1 aliphatic rings. The molecule has 4 heteroatoms. The summed E-state index contributed by atoms with van der Waals surface area (Å²) in [5.74, 6) is 0.301. The third-order valence-corrected chi connectivity index (χ3v) is 1.68. The van der Waals surface area contributed by atoms with Gasteiger partial charge in [0.15, 0.2) is 0 Å². The van der Waals surface area contributed by atoms with Crippen LogP contribution in [-0.4, -0.2) is 38.0 Å². The summed E-state index contributed by atoms with van der Waals surface area (Å²) < 4.78 is 4.90. The number of aliphatic hydroxyl groups is 1. The van der Waals surface area contributed by atoms with Crippen LogP contribution in [0.4, 0.5) is 0 Å². The van der Waals surface area contributed by atoms with Crippen molar-refractivity contribution in [1.82, 2.24) is 5.32 Å². The zero-order valence-electron chi connectivity index (χ0n) is 6.04. The number of β-amino-alcohol motifs (C(OH)–C–C–N with tert-alkyl or cyclic N) is 1. The number of hydrogen-bond donors (Lipinski definition) is 2. The topological polar surface area (TPSA) is 41.5 Å². The van der Waals surface area contributed by atoms with E-state index >= 15 is 0 Å². The van der Waals surface area contributed by atoms with Gasteiger partial charge in [0.25, 0.3) is 0 Å². The minimum absolute atomic E-state index is 0. The van der Waals surface area contributed by atoms with E-state index in [2.05, 4.69) is 5.32 Å². The first-order valence-electron chi connectivity index (χ1n) is 3.22. The first-order valence-corrected chi connectivity index (χ1v) is 3.22. The number of rotatable bonds is 2. The Balaban J connectivity index is 0.000000810. The van der Waals surface area contributed by atoms with E-state index in [1.165, 1.54) is 0 Å². The highest BCUT2D eigenvalue weighted by molar-refractivity contribution is 5.85. The average molecular weight is 168 g/mol. The zero-order chi connectivity index (χ0) is 6.69. The molecule has 0 spiro atoms. The summed E-state index contributed by atoms with van der Waals surface area (Å²) in [7, 11) is 1.66. The second-order valence-electron chi connectivity index (χ2n) is 2.44. The molecule has 0 amide bonds. The van der Waals surface area contributed by atoms with Crippen molar-refractivity contribution in [2.75, 3.05) is 26.8 Å². The molecule has 0 saturated carbocycles. The van der Waals surface area contributed by atoms with Crippen molar-refractivity contribution in [2.24, 2.45) is 5.92 Å². The van der Waals surface area contributed by atoms with Crippen LogP contribution >= 0.6 is 12.4 Å². The largest absolute Gasteiger partial charge is 0.391 e. The van der Waals surface area contributed by atoms with Crippen molar-refractivity contribution in [1.29, 1.82) is 0 Å². The lowest BCUT2D eigenvalue weighted by Crippen LogP contribution is -2.21. The number of aliphatic hydroxyl groups excluding tert-OH is 1. The first-order chi connectivity index (χ1) is 4.34. The van der Waals surface area contributed by atoms with E-state index in [1.807, 2.05) is 0 Å². The van der Waals surface area contributed by atoms with Crippen LogP contribution in [0.15, 0.2) is 0 Å². The summed E-state index contributed by atoms with van der Waals surface area (Å²) in [5, 5.41) is 12.3. The zero-order valence-corrected chi connectivity index (χ0v) is 6.86. The lowest BCUT2D eigenvalue weighted by Gasteiger charge is -2.10. The number of methoxy groups -OCH3 is 1. The number of ether oxygens (including phenoxy) is 1. The summed E-state index contributed by atoms with van der Waals surface area (Å²) in [6, 6.07) is 0. The second kappa shape index (κ2) is 4.91. The van der Waals surface area contributed by atoms with Gasteiger partial charge in [-0.15, -0.1) is 12.4 Å². The minimum Gasteiger partial charge on any atom is -0.391 e. The molecule has 2 N–H and O–H groups in total. The molecule has 3 nitrogen and oxygen atoms in total. The van der Waals surface area contributed by atoms with Gasteiger partial charge in [0, 0.05) is 26.1 Å². The summed E-state index contributed by atoms with van der Waals surface area (Å²) in [4.78, 5) is 0. The van der Waals surface area contributed by atoms with Crippen molar-refractivity contribution in [2.45, 2.75) is 6.10 Å². The van der Waals surface area contributed by atoms with E-state index < -0.39 is 0 Å². The van der Waals surface area contributed by atoms with Gasteiger partial charge in [-0.25, -0.2) is 0 Å². The molecule has 1 fully saturated rings. The van der Waals surface area contributed by atoms with Gasteiger partial charge in [-0.3, -0.25) is 0 Å². The van der Waals surface area contributed by atoms with Crippen molar-refractivity contribution < 1.29 is 9.84 Å². The molecule has 1 heterocycles. The quantitative estimate of drug-likeness (QED) is 0.590. The number of halogens is 1. The summed E-state index contributed by atoms with van der Waals surface area (Å²) >= 11 is 0. The average Bonchev–Trinajstić information content (AvgIpc) is 2.18. The Morgan fingerprint density at radius 3 is 2.70 bits per heavy atom. The van der Waals surface area contributed by atoms with Gasteiger partial charge in [-0.2, -0.15) is 0 Å². The van der Waals surface area contributed by atoms with E-state index in [4.69, 9.17) is 4.74 Å². The van der Waals surface area contributed by atoms with Crippen molar-refractivity contribution in [3.63, 3.8) is 0 Å². The van der Waals surface area contributed by atoms with Crippen LogP contribution in [0.2, 0.25) is 0 Å². The maximum atomic E-state index is 9.18.